The molecule has 44 heteroatoms. The van der Waals surface area contributed by atoms with E-state index in [0.717, 1.165) is 34.7 Å². The summed E-state index contributed by atoms with van der Waals surface area (Å²) in [5, 5.41) is 15.3. The highest BCUT2D eigenvalue weighted by Gasteiger charge is 2.22. The van der Waals surface area contributed by atoms with Crippen LogP contribution in [0.25, 0.3) is 61.4 Å². The molecule has 0 spiro atoms. The van der Waals surface area contributed by atoms with Crippen molar-refractivity contribution in [3.63, 3.8) is 0 Å². The highest BCUT2D eigenvalue weighted by molar-refractivity contribution is 6.28. The van der Waals surface area contributed by atoms with Gasteiger partial charge in [0.1, 0.15) is 47.2 Å². The zero-order valence-electron chi connectivity index (χ0n) is 67.6. The quantitative estimate of drug-likeness (QED) is 0.0321. The third-order valence-electron chi connectivity index (χ3n) is 16.4. The molecule has 1 aliphatic rings. The Morgan fingerprint density at radius 1 is 0.504 bits per heavy atom. The summed E-state index contributed by atoms with van der Waals surface area (Å²) >= 11 is 5.71. The lowest BCUT2D eigenvalue weighted by molar-refractivity contribution is 0.0988. The van der Waals surface area contributed by atoms with Crippen LogP contribution in [0, 0.1) is 25.0 Å². The first-order valence-corrected chi connectivity index (χ1v) is 36.6. The number of nitrogen functional groups attached to an aromatic ring is 5. The van der Waals surface area contributed by atoms with Crippen LogP contribution < -0.4 is 45.7 Å². The van der Waals surface area contributed by atoms with Crippen LogP contribution in [0.5, 0.6) is 0 Å². The number of imidazole rings is 5. The van der Waals surface area contributed by atoms with Crippen LogP contribution in [0.3, 0.4) is 0 Å². The second-order valence-corrected chi connectivity index (χ2v) is 28.5. The van der Waals surface area contributed by atoms with E-state index in [-0.39, 0.29) is 82.0 Å². The van der Waals surface area contributed by atoms with Crippen LogP contribution in [-0.4, -0.2) is 165 Å². The van der Waals surface area contributed by atoms with E-state index in [1.54, 1.807) is 50.0 Å². The van der Waals surface area contributed by atoms with Gasteiger partial charge in [-0.1, -0.05) is 25.1 Å². The highest BCUT2D eigenvalue weighted by atomic mass is 35.5. The summed E-state index contributed by atoms with van der Waals surface area (Å²) in [6, 6.07) is 1.70. The zero-order chi connectivity index (χ0) is 85.3. The van der Waals surface area contributed by atoms with Gasteiger partial charge in [0.25, 0.3) is 29.5 Å². The summed E-state index contributed by atoms with van der Waals surface area (Å²) in [4.78, 5) is 113. The Bertz CT molecular complexity index is 5510. The van der Waals surface area contributed by atoms with Gasteiger partial charge in [-0.25, -0.2) is 64.2 Å². The van der Waals surface area contributed by atoms with Crippen molar-refractivity contribution in [1.29, 1.82) is 0 Å². The molecule has 0 unspecified atom stereocenters. The number of carbonyl (C=O) groups is 3. The minimum Gasteiger partial charge on any atom is -0.383 e. The van der Waals surface area contributed by atoms with Crippen molar-refractivity contribution >= 4 is 120 Å². The molecule has 14 aromatic heterocycles. The lowest BCUT2D eigenvalue weighted by Crippen LogP contribution is -2.12. The topological polar surface area (TPSA) is 576 Å². The average Bonchev–Trinajstić information content (AvgIpc) is 1.68. The number of ketones is 1. The number of rotatable bonds is 12. The van der Waals surface area contributed by atoms with E-state index >= 15 is 0 Å². The van der Waals surface area contributed by atoms with Gasteiger partial charge in [0, 0.05) is 67.0 Å². The third-order valence-corrected chi connectivity index (χ3v) is 16.6. The van der Waals surface area contributed by atoms with Crippen molar-refractivity contribution in [2.75, 3.05) is 28.7 Å². The summed E-state index contributed by atoms with van der Waals surface area (Å²) in [7, 11) is 0. The fraction of sp³-hybridized carbons (Fsp3) is 0.423. The van der Waals surface area contributed by atoms with Gasteiger partial charge in [0.2, 0.25) is 17.1 Å². The van der Waals surface area contributed by atoms with Crippen LogP contribution in [0.1, 0.15) is 228 Å². The maximum absolute atomic E-state index is 13.4. The molecular formula is C71H98ClF2N37O4. The Kier molecular flexibility index (Phi) is 30.3. The number of amides is 2. The molecule has 0 bridgehead atoms. The third kappa shape index (κ3) is 22.7. The Hall–Kier alpha value is -13.4. The maximum Gasteiger partial charge on any atom is 0.291 e. The van der Waals surface area contributed by atoms with Gasteiger partial charge in [-0.2, -0.15) is 43.8 Å². The fourth-order valence-electron chi connectivity index (χ4n) is 10.3. The normalized spacial score (nSPS) is 11.5. The Balaban J connectivity index is 0.000000179. The molecule has 15 rings (SSSR count). The van der Waals surface area contributed by atoms with Crippen molar-refractivity contribution < 1.29 is 23.2 Å². The molecule has 0 saturated carbocycles. The summed E-state index contributed by atoms with van der Waals surface area (Å²) in [5.74, 6) is 2.16. The number of anilines is 5. The maximum atomic E-state index is 13.4. The van der Waals surface area contributed by atoms with Crippen LogP contribution in [0.2, 0.25) is 5.28 Å². The minimum atomic E-state index is -0.884. The van der Waals surface area contributed by atoms with Gasteiger partial charge < -0.3 is 58.4 Å². The Morgan fingerprint density at radius 2 is 1.04 bits per heavy atom. The summed E-state index contributed by atoms with van der Waals surface area (Å²) in [6.45, 7) is 39.4. The number of Topliss-reactive ketones (excluding diaryl/α,β-unsaturated/α-hetero) is 1. The van der Waals surface area contributed by atoms with Crippen molar-refractivity contribution in [2.24, 2.45) is 17.4 Å². The molecule has 0 aromatic carbocycles. The molecule has 15 N–H and O–H groups in total. The molecule has 0 aliphatic heterocycles. The number of aromatic nitrogens is 30. The van der Waals surface area contributed by atoms with Crippen LogP contribution in [0.15, 0.2) is 79.9 Å². The number of halogens is 3. The monoisotopic (exact) mass is 1610 g/mol. The van der Waals surface area contributed by atoms with Crippen LogP contribution in [0.4, 0.5) is 38.0 Å². The smallest absolute Gasteiger partial charge is 0.291 e. The van der Waals surface area contributed by atoms with Gasteiger partial charge in [0.15, 0.2) is 68.2 Å². The molecular weight excluding hydrogens is 1510 g/mol. The number of fused-ring (bicyclic) bond motifs is 6. The second-order valence-electron chi connectivity index (χ2n) is 28.1. The molecule has 0 saturated heterocycles. The number of nitrogens with zero attached hydrogens (tertiary/aromatic N) is 29. The van der Waals surface area contributed by atoms with Gasteiger partial charge in [-0.3, -0.25) is 33.4 Å². The number of aromatic amines is 1. The second kappa shape index (κ2) is 39.2. The zero-order valence-corrected chi connectivity index (χ0v) is 68.4. The molecule has 0 radical (unpaired) electrons. The molecule has 1 aliphatic carbocycles. The number of allylic oxidation sites excluding steroid dienone is 2. The van der Waals surface area contributed by atoms with E-state index in [1.165, 1.54) is 48.4 Å². The number of hydrogen-bond acceptors (Lipinski definition) is 30. The Labute approximate surface area is 663 Å². The first-order valence-electron chi connectivity index (χ1n) is 36.2. The van der Waals surface area contributed by atoms with Gasteiger partial charge in [-0.05, 0) is 147 Å². The van der Waals surface area contributed by atoms with Crippen molar-refractivity contribution in [3.05, 3.63) is 137 Å². The molecule has 2 amide bonds. The largest absolute Gasteiger partial charge is 0.383 e. The molecule has 612 valence electrons. The van der Waals surface area contributed by atoms with Crippen molar-refractivity contribution in [2.45, 2.75) is 193 Å². The van der Waals surface area contributed by atoms with Gasteiger partial charge >= 0.3 is 0 Å². The number of nitrogens with one attached hydrogen (secondary N) is 1. The van der Waals surface area contributed by atoms with Crippen molar-refractivity contribution in [1.82, 2.24) is 147 Å². The van der Waals surface area contributed by atoms with E-state index in [4.69, 9.17) is 51.7 Å². The predicted molar refractivity (Wildman–Crippen MR) is 432 cm³/mol. The molecule has 0 atom stereocenters. The van der Waals surface area contributed by atoms with E-state index in [2.05, 4.69) is 139 Å². The fourth-order valence-corrected chi connectivity index (χ4v) is 10.5. The van der Waals surface area contributed by atoms with E-state index < -0.39 is 29.5 Å². The summed E-state index contributed by atoms with van der Waals surface area (Å²) in [6.07, 6.45) is 19.1. The van der Waals surface area contributed by atoms with Crippen molar-refractivity contribution in [3.8, 4) is 0 Å². The van der Waals surface area contributed by atoms with E-state index in [0.29, 0.717) is 74.3 Å². The predicted octanol–water partition coefficient (Wildman–Crippen LogP) is 9.13. The molecule has 0 fully saturated rings. The standard InChI is InChI=1S/C10H13N3.C9H12N4.C8H10ClN5.C8H10FN5.C8H9FN4O.C8H12N6.2C7H11N3O.C6H10N4O/c1-6(2)7-3-4-8-9(7)12-5-13-10(8)11;1-6(2)13-5-11-8-4-10-7(3)12-9(8)13;1-4(2)14-3-11-5-6(10)12-8(9)13-7(5)14;1-4(2)14-7-5(13-8(14)9)6(10)11-3-12-7;1-4(2)13-3-10-5-6(13)11-8(9)12-7(5)14;1-4(2)14-3-11-5-6(9)12-8(10)13-7(5)14;1-5(2)10-4-8-7(9-10)6(3)11;1-5(2)10-4-6(3-9-10)7(8)11;1-4(2)10-3-5(6(7)11)8-9-10/h3,5-6H,4H2,1-2H3,(H2,11,12,13);4-6H,1-3H3;3-4H,1-2H3,(H2,10,12,13);3-4H,1-2H3,(H2,10,11,12);3-4H,1-2H3,(H,11,12,14);3-4H,1-2H3,(H4,9,10,12,13);4-5H,1-3H3;3-5H,1-2H3,(H2,8,11);3-4H,1-2H3,(H2,7,11). The lowest BCUT2D eigenvalue weighted by atomic mass is 10.0. The molecule has 41 nitrogen and oxygen atoms in total. The molecule has 14 heterocycles. The first-order chi connectivity index (χ1) is 54.1. The number of hydrogen-bond donors (Lipinski definition) is 8. The highest BCUT2D eigenvalue weighted by Crippen LogP contribution is 2.33. The number of carbonyl (C=O) groups excluding carboxylic acids is 3. The van der Waals surface area contributed by atoms with E-state index in [9.17, 15) is 28.0 Å². The summed E-state index contributed by atoms with van der Waals surface area (Å²) in [5.41, 5.74) is 47.2. The lowest BCUT2D eigenvalue weighted by Gasteiger charge is -2.08. The van der Waals surface area contributed by atoms with Gasteiger partial charge in [-0.15, -0.1) is 10.2 Å². The van der Waals surface area contributed by atoms with Crippen LogP contribution in [-0.2, 0) is 6.42 Å². The van der Waals surface area contributed by atoms with Crippen LogP contribution >= 0.6 is 11.6 Å². The number of H-pyrrole nitrogens is 1. The SMILES string of the molecule is CC(=O)c1ncn(C(C)C)n1.CC(C)C1=CCc2c(N)ncnc21.CC(C)n1c(F)nc2c(N)ncnc21.CC(C)n1cc(C(N)=O)cn1.CC(C)n1cc(C(N)=O)nn1.CC(C)n1cnc2c(=O)[nH]c(F)nc21.CC(C)n1cnc2c(N)nc(Cl)nc21.CC(C)n1cnc2c(N)nc(N)nc21.Cc1ncc2ncn(C(C)C)c2n1. The minimum absolute atomic E-state index is 0.0469. The molecule has 14 aromatic rings. The molecule has 115 heavy (non-hydrogen) atoms. The van der Waals surface area contributed by atoms with E-state index in [1.807, 2.05) is 129 Å². The number of primary amides is 2. The number of nitrogens with two attached hydrogens (primary N) is 7. The average molecular weight is 1610 g/mol. The summed E-state index contributed by atoms with van der Waals surface area (Å²) < 4.78 is 40.0. The first kappa shape index (κ1) is 88.8. The number of aryl methyl sites for hydroxylation is 1. The van der Waals surface area contributed by atoms with Gasteiger partial charge in [0.05, 0.1) is 55.2 Å². The Morgan fingerprint density at radius 3 is 1.54 bits per heavy atom.